The van der Waals surface area contributed by atoms with E-state index < -0.39 is 11.7 Å². The summed E-state index contributed by atoms with van der Waals surface area (Å²) in [5.41, 5.74) is 1.58. The Bertz CT molecular complexity index is 1070. The third-order valence-corrected chi connectivity index (χ3v) is 5.69. The van der Waals surface area contributed by atoms with Crippen LogP contribution < -0.4 is 5.32 Å². The second-order valence-corrected chi connectivity index (χ2v) is 7.83. The summed E-state index contributed by atoms with van der Waals surface area (Å²) in [7, 11) is 0. The van der Waals surface area contributed by atoms with Gasteiger partial charge >= 0.3 is 0 Å². The monoisotopic (exact) mass is 408 g/mol. The Morgan fingerprint density at radius 3 is 2.57 bits per heavy atom. The average molecular weight is 408 g/mol. The van der Waals surface area contributed by atoms with Crippen LogP contribution in [0.4, 0.5) is 4.39 Å². The van der Waals surface area contributed by atoms with E-state index in [1.807, 2.05) is 33.7 Å². The van der Waals surface area contributed by atoms with E-state index in [4.69, 9.17) is 0 Å². The molecule has 0 bridgehead atoms. The molecule has 1 fully saturated rings. The number of imidazole rings is 1. The fourth-order valence-corrected chi connectivity index (χ4v) is 3.83. The van der Waals surface area contributed by atoms with Crippen LogP contribution in [0.15, 0.2) is 48.5 Å². The summed E-state index contributed by atoms with van der Waals surface area (Å²) in [6.45, 7) is 4.02. The number of hydrogen-bond acceptors (Lipinski definition) is 3. The second kappa shape index (κ2) is 8.65. The van der Waals surface area contributed by atoms with Crippen molar-refractivity contribution in [3.63, 3.8) is 0 Å². The quantitative estimate of drug-likeness (QED) is 0.704. The molecule has 1 N–H and O–H groups in total. The van der Waals surface area contributed by atoms with Crippen molar-refractivity contribution in [1.82, 2.24) is 19.8 Å². The Morgan fingerprint density at radius 2 is 1.80 bits per heavy atom. The van der Waals surface area contributed by atoms with Crippen LogP contribution in [0.1, 0.15) is 35.9 Å². The van der Waals surface area contributed by atoms with Crippen molar-refractivity contribution in [3.05, 3.63) is 65.7 Å². The molecule has 3 aromatic rings. The van der Waals surface area contributed by atoms with Crippen molar-refractivity contribution < 1.29 is 14.0 Å². The molecule has 1 aliphatic rings. The van der Waals surface area contributed by atoms with Gasteiger partial charge in [-0.05, 0) is 43.0 Å². The maximum absolute atomic E-state index is 13.9. The van der Waals surface area contributed by atoms with Crippen molar-refractivity contribution in [2.45, 2.75) is 32.9 Å². The van der Waals surface area contributed by atoms with Crippen LogP contribution in [0.2, 0.25) is 0 Å². The van der Waals surface area contributed by atoms with Gasteiger partial charge in [-0.3, -0.25) is 9.59 Å². The lowest BCUT2D eigenvalue weighted by molar-refractivity contribution is -0.133. The summed E-state index contributed by atoms with van der Waals surface area (Å²) in [5, 5.41) is 2.73. The number of para-hydroxylation sites is 2. The number of fused-ring (bicyclic) bond motifs is 1. The van der Waals surface area contributed by atoms with Gasteiger partial charge in [-0.1, -0.05) is 31.2 Å². The number of piperidine rings is 1. The summed E-state index contributed by atoms with van der Waals surface area (Å²) >= 11 is 0. The summed E-state index contributed by atoms with van der Waals surface area (Å²) in [5.74, 6) is 0.180. The highest BCUT2D eigenvalue weighted by Gasteiger charge is 2.22. The first-order valence-corrected chi connectivity index (χ1v) is 10.3. The summed E-state index contributed by atoms with van der Waals surface area (Å²) in [6.07, 6.45) is 2.03. The number of nitrogens with one attached hydrogen (secondary N) is 1. The standard InChI is InChI=1S/C23H25FN4O2/c1-16-10-12-27(13-11-16)22(29)15-28-20-9-5-4-8-19(20)26-21(28)14-25-23(30)17-6-2-3-7-18(17)24/h2-9,16H,10-15H2,1H3,(H,25,30). The van der Waals surface area contributed by atoms with E-state index in [0.717, 1.165) is 37.0 Å². The molecule has 0 saturated carbocycles. The molecule has 1 aliphatic heterocycles. The highest BCUT2D eigenvalue weighted by Crippen LogP contribution is 2.19. The lowest BCUT2D eigenvalue weighted by Crippen LogP contribution is -2.40. The van der Waals surface area contributed by atoms with Crippen LogP contribution in [-0.4, -0.2) is 39.4 Å². The normalized spacial score (nSPS) is 14.8. The fourth-order valence-electron chi connectivity index (χ4n) is 3.83. The molecule has 2 heterocycles. The number of carbonyl (C=O) groups excluding carboxylic acids is 2. The Labute approximate surface area is 174 Å². The minimum absolute atomic E-state index is 0.0151. The van der Waals surface area contributed by atoms with E-state index in [0.29, 0.717) is 11.7 Å². The molecule has 0 aliphatic carbocycles. The third-order valence-electron chi connectivity index (χ3n) is 5.69. The lowest BCUT2D eigenvalue weighted by atomic mass is 9.99. The smallest absolute Gasteiger partial charge is 0.254 e. The van der Waals surface area contributed by atoms with Gasteiger partial charge in [-0.15, -0.1) is 0 Å². The Kier molecular flexibility index (Phi) is 5.79. The van der Waals surface area contributed by atoms with Gasteiger partial charge in [0, 0.05) is 13.1 Å². The third kappa shape index (κ3) is 4.20. The first kappa shape index (κ1) is 20.1. The Hall–Kier alpha value is -3.22. The molecule has 1 saturated heterocycles. The number of hydrogen-bond donors (Lipinski definition) is 1. The van der Waals surface area contributed by atoms with E-state index in [2.05, 4.69) is 17.2 Å². The fraction of sp³-hybridized carbons (Fsp3) is 0.348. The highest BCUT2D eigenvalue weighted by atomic mass is 19.1. The van der Waals surface area contributed by atoms with E-state index in [-0.39, 0.29) is 24.6 Å². The first-order valence-electron chi connectivity index (χ1n) is 10.3. The van der Waals surface area contributed by atoms with Crippen LogP contribution in [0.5, 0.6) is 0 Å². The van der Waals surface area contributed by atoms with Crippen LogP contribution in [0.25, 0.3) is 11.0 Å². The summed E-state index contributed by atoms with van der Waals surface area (Å²) < 4.78 is 15.7. The molecule has 4 rings (SSSR count). The minimum atomic E-state index is -0.571. The van der Waals surface area contributed by atoms with Crippen molar-refractivity contribution in [2.75, 3.05) is 13.1 Å². The molecular formula is C23H25FN4O2. The van der Waals surface area contributed by atoms with E-state index in [9.17, 15) is 14.0 Å². The Balaban J connectivity index is 1.54. The molecule has 0 atom stereocenters. The van der Waals surface area contributed by atoms with Crippen LogP contribution in [-0.2, 0) is 17.9 Å². The van der Waals surface area contributed by atoms with Crippen LogP contribution in [0.3, 0.4) is 0 Å². The molecule has 7 heteroatoms. The molecule has 156 valence electrons. The number of aromatic nitrogens is 2. The SMILES string of the molecule is CC1CCN(C(=O)Cn2c(CNC(=O)c3ccccc3F)nc3ccccc32)CC1. The maximum atomic E-state index is 13.9. The Morgan fingerprint density at radius 1 is 1.10 bits per heavy atom. The summed E-state index contributed by atoms with van der Waals surface area (Å²) in [4.78, 5) is 31.8. The molecule has 0 spiro atoms. The van der Waals surface area contributed by atoms with Gasteiger partial charge in [0.1, 0.15) is 18.2 Å². The zero-order valence-electron chi connectivity index (χ0n) is 17.0. The molecule has 0 unspecified atom stereocenters. The zero-order chi connectivity index (χ0) is 21.1. The van der Waals surface area contributed by atoms with E-state index in [1.54, 1.807) is 12.1 Å². The molecule has 2 aromatic carbocycles. The minimum Gasteiger partial charge on any atom is -0.345 e. The molecule has 0 radical (unpaired) electrons. The maximum Gasteiger partial charge on any atom is 0.254 e. The number of benzene rings is 2. The predicted octanol–water partition coefficient (Wildman–Crippen LogP) is 3.36. The highest BCUT2D eigenvalue weighted by molar-refractivity contribution is 5.94. The largest absolute Gasteiger partial charge is 0.345 e. The van der Waals surface area contributed by atoms with Gasteiger partial charge in [0.2, 0.25) is 5.91 Å². The van der Waals surface area contributed by atoms with Crippen molar-refractivity contribution in [1.29, 1.82) is 0 Å². The van der Waals surface area contributed by atoms with Gasteiger partial charge in [0.05, 0.1) is 23.1 Å². The zero-order valence-corrected chi connectivity index (χ0v) is 17.0. The van der Waals surface area contributed by atoms with Crippen molar-refractivity contribution in [2.24, 2.45) is 5.92 Å². The van der Waals surface area contributed by atoms with E-state index in [1.165, 1.54) is 12.1 Å². The molecule has 1 aromatic heterocycles. The predicted molar refractivity (Wildman–Crippen MR) is 112 cm³/mol. The van der Waals surface area contributed by atoms with E-state index >= 15 is 0 Å². The number of nitrogens with zero attached hydrogens (tertiary/aromatic N) is 3. The topological polar surface area (TPSA) is 67.2 Å². The molecule has 2 amide bonds. The second-order valence-electron chi connectivity index (χ2n) is 7.83. The van der Waals surface area contributed by atoms with Gasteiger partial charge in [-0.25, -0.2) is 9.37 Å². The first-order chi connectivity index (χ1) is 14.5. The average Bonchev–Trinajstić information content (AvgIpc) is 3.10. The number of halogens is 1. The molecular weight excluding hydrogens is 383 g/mol. The summed E-state index contributed by atoms with van der Waals surface area (Å²) in [6, 6.07) is 13.4. The number of carbonyl (C=O) groups is 2. The van der Waals surface area contributed by atoms with Crippen molar-refractivity contribution >= 4 is 22.8 Å². The molecule has 6 nitrogen and oxygen atoms in total. The lowest BCUT2D eigenvalue weighted by Gasteiger charge is -2.30. The van der Waals surface area contributed by atoms with Crippen LogP contribution in [0, 0.1) is 11.7 Å². The van der Waals surface area contributed by atoms with Gasteiger partial charge in [0.25, 0.3) is 5.91 Å². The van der Waals surface area contributed by atoms with Crippen molar-refractivity contribution in [3.8, 4) is 0 Å². The molecule has 30 heavy (non-hydrogen) atoms. The van der Waals surface area contributed by atoms with Gasteiger partial charge in [0.15, 0.2) is 0 Å². The van der Waals surface area contributed by atoms with Gasteiger partial charge in [-0.2, -0.15) is 0 Å². The van der Waals surface area contributed by atoms with Crippen LogP contribution >= 0.6 is 0 Å². The number of likely N-dealkylation sites (tertiary alicyclic amines) is 1. The number of rotatable bonds is 5. The van der Waals surface area contributed by atoms with Gasteiger partial charge < -0.3 is 14.8 Å². The number of amides is 2.